The minimum atomic E-state index is -1.06. The number of halogens is 3. The lowest BCUT2D eigenvalue weighted by Crippen LogP contribution is -2.46. The van der Waals surface area contributed by atoms with E-state index in [2.05, 4.69) is 59.4 Å². The third kappa shape index (κ3) is 5.31. The lowest BCUT2D eigenvalue weighted by atomic mass is 9.88. The van der Waals surface area contributed by atoms with Crippen LogP contribution in [0.4, 0.5) is 8.78 Å². The monoisotopic (exact) mass is 453 g/mol. The van der Waals surface area contributed by atoms with Gasteiger partial charge in [0, 0.05) is 12.1 Å². The fraction of sp³-hybridized carbons (Fsp3) is 0.455. The van der Waals surface area contributed by atoms with Gasteiger partial charge in [0.25, 0.3) is 0 Å². The first-order valence-electron chi connectivity index (χ1n) is 9.51. The molecule has 152 valence electrons. The smallest absolute Gasteiger partial charge is 0.201 e. The Morgan fingerprint density at radius 2 is 1.82 bits per heavy atom. The molecule has 3 rings (SSSR count). The van der Waals surface area contributed by atoms with Crippen molar-refractivity contribution in [3.63, 3.8) is 0 Å². The first-order chi connectivity index (χ1) is 13.2. The van der Waals surface area contributed by atoms with Crippen LogP contribution >= 0.6 is 15.9 Å². The maximum atomic E-state index is 13.8. The van der Waals surface area contributed by atoms with Gasteiger partial charge in [0.1, 0.15) is 12.7 Å². The maximum absolute atomic E-state index is 13.8. The highest BCUT2D eigenvalue weighted by Gasteiger charge is 2.28. The predicted molar refractivity (Wildman–Crippen MR) is 110 cm³/mol. The molecule has 0 fully saturated rings. The Kier molecular flexibility index (Phi) is 6.73. The summed E-state index contributed by atoms with van der Waals surface area (Å²) >= 11 is 3.13. The molecule has 0 spiro atoms. The third-order valence-electron chi connectivity index (χ3n) is 5.17. The molecule has 3 nitrogen and oxygen atoms in total. The van der Waals surface area contributed by atoms with Crippen LogP contribution in [0.25, 0.3) is 0 Å². The number of aliphatic hydroxyl groups excluding tert-OH is 1. The van der Waals surface area contributed by atoms with Gasteiger partial charge in [-0.15, -0.1) is 0 Å². The van der Waals surface area contributed by atoms with Crippen LogP contribution in [0.3, 0.4) is 0 Å². The quantitative estimate of drug-likeness (QED) is 0.572. The molecule has 28 heavy (non-hydrogen) atoms. The minimum Gasteiger partial charge on any atom is -0.486 e. The largest absolute Gasteiger partial charge is 0.486 e. The van der Waals surface area contributed by atoms with Crippen LogP contribution in [-0.4, -0.2) is 29.9 Å². The molecule has 0 saturated carbocycles. The van der Waals surface area contributed by atoms with E-state index in [0.29, 0.717) is 16.9 Å². The average Bonchev–Trinajstić information content (AvgIpc) is 3.04. The Hall–Kier alpha value is -1.50. The average molecular weight is 454 g/mol. The Morgan fingerprint density at radius 1 is 1.18 bits per heavy atom. The zero-order valence-electron chi connectivity index (χ0n) is 16.1. The van der Waals surface area contributed by atoms with Gasteiger partial charge in [-0.3, -0.25) is 0 Å². The first kappa shape index (κ1) is 21.2. The van der Waals surface area contributed by atoms with Crippen LogP contribution in [0.2, 0.25) is 0 Å². The van der Waals surface area contributed by atoms with Gasteiger partial charge in [-0.2, -0.15) is 4.39 Å². The summed E-state index contributed by atoms with van der Waals surface area (Å²) in [6.07, 6.45) is 2.31. The summed E-state index contributed by atoms with van der Waals surface area (Å²) in [5.41, 5.74) is 2.71. The second-order valence-electron chi connectivity index (χ2n) is 8.15. The first-order valence-corrected chi connectivity index (χ1v) is 10.3. The molecule has 1 unspecified atom stereocenters. The summed E-state index contributed by atoms with van der Waals surface area (Å²) < 4.78 is 32.7. The molecular formula is C22H26BrF2NO2. The van der Waals surface area contributed by atoms with Gasteiger partial charge in [-0.1, -0.05) is 24.3 Å². The minimum absolute atomic E-state index is 0.128. The van der Waals surface area contributed by atoms with Crippen LogP contribution < -0.4 is 10.1 Å². The van der Waals surface area contributed by atoms with E-state index < -0.39 is 17.7 Å². The van der Waals surface area contributed by atoms with E-state index >= 15 is 0 Å². The Labute approximate surface area is 173 Å². The molecular weight excluding hydrogens is 428 g/mol. The van der Waals surface area contributed by atoms with Crippen molar-refractivity contribution < 1.29 is 18.6 Å². The van der Waals surface area contributed by atoms with Gasteiger partial charge in [-0.25, -0.2) is 4.39 Å². The van der Waals surface area contributed by atoms with Crippen LogP contribution in [0, 0.1) is 17.6 Å². The summed E-state index contributed by atoms with van der Waals surface area (Å²) in [6.45, 7) is 4.41. The topological polar surface area (TPSA) is 41.5 Å². The molecule has 6 heteroatoms. The van der Waals surface area contributed by atoms with Crippen LogP contribution in [0.15, 0.2) is 40.9 Å². The Bertz CT molecular complexity index is 803. The molecule has 0 aliphatic heterocycles. The lowest BCUT2D eigenvalue weighted by molar-refractivity contribution is 0.0938. The Morgan fingerprint density at radius 3 is 2.46 bits per heavy atom. The van der Waals surface area contributed by atoms with Crippen molar-refractivity contribution in [3.8, 4) is 5.75 Å². The van der Waals surface area contributed by atoms with E-state index in [-0.39, 0.29) is 17.9 Å². The standard InChI is InChI=1S/C22H26BrF2NO2/c1-22(2,11-14-9-15-5-3-4-6-16(15)10-14)26-12-17(27)13-28-21-18(23)7-8-19(24)20(21)25/h3-8,14,17,26-27H,9-13H2,1-2H3. The van der Waals surface area contributed by atoms with E-state index in [1.165, 1.54) is 17.2 Å². The highest BCUT2D eigenvalue weighted by atomic mass is 79.9. The number of fused-ring (bicyclic) bond motifs is 1. The van der Waals surface area contributed by atoms with Gasteiger partial charge in [0.15, 0.2) is 11.6 Å². The molecule has 1 atom stereocenters. The van der Waals surface area contributed by atoms with E-state index in [1.807, 2.05) is 0 Å². The van der Waals surface area contributed by atoms with Crippen molar-refractivity contribution >= 4 is 15.9 Å². The molecule has 2 aromatic rings. The van der Waals surface area contributed by atoms with Gasteiger partial charge in [-0.05, 0) is 78.2 Å². The summed E-state index contributed by atoms with van der Waals surface area (Å²) in [5, 5.41) is 13.6. The molecule has 0 radical (unpaired) electrons. The van der Waals surface area contributed by atoms with Crippen molar-refractivity contribution in [1.82, 2.24) is 5.32 Å². The van der Waals surface area contributed by atoms with Gasteiger partial charge in [0.2, 0.25) is 5.82 Å². The summed E-state index contributed by atoms with van der Waals surface area (Å²) in [6, 6.07) is 11.0. The predicted octanol–water partition coefficient (Wildman–Crippen LogP) is 4.64. The third-order valence-corrected chi connectivity index (χ3v) is 5.80. The fourth-order valence-electron chi connectivity index (χ4n) is 3.86. The van der Waals surface area contributed by atoms with Crippen LogP contribution in [-0.2, 0) is 12.8 Å². The number of hydrogen-bond donors (Lipinski definition) is 2. The number of nitrogens with one attached hydrogen (secondary N) is 1. The second-order valence-corrected chi connectivity index (χ2v) is 9.00. The highest BCUT2D eigenvalue weighted by molar-refractivity contribution is 9.10. The Balaban J connectivity index is 1.46. The molecule has 2 N–H and O–H groups in total. The van der Waals surface area contributed by atoms with E-state index in [9.17, 15) is 13.9 Å². The number of aliphatic hydroxyl groups is 1. The molecule has 0 bridgehead atoms. The zero-order chi connectivity index (χ0) is 20.3. The zero-order valence-corrected chi connectivity index (χ0v) is 17.7. The van der Waals surface area contributed by atoms with Crippen molar-refractivity contribution in [3.05, 3.63) is 63.6 Å². The van der Waals surface area contributed by atoms with Gasteiger partial charge >= 0.3 is 0 Å². The number of benzene rings is 2. The van der Waals surface area contributed by atoms with E-state index in [0.717, 1.165) is 25.3 Å². The maximum Gasteiger partial charge on any atom is 0.201 e. The fourth-order valence-corrected chi connectivity index (χ4v) is 4.28. The number of hydrogen-bond acceptors (Lipinski definition) is 3. The molecule has 2 aromatic carbocycles. The molecule has 1 aliphatic carbocycles. The number of β-amino-alcohol motifs (C(OH)–C–C–N with tert-alkyl or cyclic N) is 1. The molecule has 0 aromatic heterocycles. The lowest BCUT2D eigenvalue weighted by Gasteiger charge is -2.30. The van der Waals surface area contributed by atoms with Crippen LogP contribution in [0.1, 0.15) is 31.4 Å². The van der Waals surface area contributed by atoms with E-state index in [4.69, 9.17) is 4.74 Å². The summed E-state index contributed by atoms with van der Waals surface area (Å²) in [7, 11) is 0. The normalized spacial score (nSPS) is 15.5. The van der Waals surface area contributed by atoms with Crippen molar-refractivity contribution in [2.75, 3.05) is 13.2 Å². The number of ether oxygens (including phenoxy) is 1. The van der Waals surface area contributed by atoms with Crippen molar-refractivity contribution in [1.29, 1.82) is 0 Å². The molecule has 0 amide bonds. The van der Waals surface area contributed by atoms with Crippen molar-refractivity contribution in [2.24, 2.45) is 5.92 Å². The van der Waals surface area contributed by atoms with Crippen molar-refractivity contribution in [2.45, 2.75) is 44.8 Å². The second kappa shape index (κ2) is 8.89. The molecule has 1 aliphatic rings. The molecule has 0 heterocycles. The summed E-state index contributed by atoms with van der Waals surface area (Å²) in [4.78, 5) is 0. The number of rotatable bonds is 8. The highest BCUT2D eigenvalue weighted by Crippen LogP contribution is 2.32. The SMILES string of the molecule is CC(C)(CC1Cc2ccccc2C1)NCC(O)COc1c(Br)ccc(F)c1F. The van der Waals surface area contributed by atoms with E-state index in [1.54, 1.807) is 0 Å². The van der Waals surface area contributed by atoms with Gasteiger partial charge in [0.05, 0.1) is 4.47 Å². The molecule has 0 saturated heterocycles. The van der Waals surface area contributed by atoms with Crippen LogP contribution in [0.5, 0.6) is 5.75 Å². The summed E-state index contributed by atoms with van der Waals surface area (Å²) in [5.74, 6) is -1.69. The van der Waals surface area contributed by atoms with Gasteiger partial charge < -0.3 is 15.2 Å².